The van der Waals surface area contributed by atoms with Crippen LogP contribution in [-0.4, -0.2) is 23.8 Å². The first-order valence-corrected chi connectivity index (χ1v) is 8.96. The van der Waals surface area contributed by atoms with Crippen LogP contribution in [0.15, 0.2) is 34.8 Å². The summed E-state index contributed by atoms with van der Waals surface area (Å²) in [4.78, 5) is 13.3. The van der Waals surface area contributed by atoms with E-state index in [0.29, 0.717) is 24.2 Å². The second kappa shape index (κ2) is 6.42. The fourth-order valence-electron chi connectivity index (χ4n) is 3.74. The average Bonchev–Trinajstić information content (AvgIpc) is 2.70. The number of hydrogen-bond donors (Lipinski definition) is 2. The number of piperidine rings is 1. The third kappa shape index (κ3) is 2.88. The zero-order chi connectivity index (χ0) is 18.4. The van der Waals surface area contributed by atoms with Gasteiger partial charge in [-0.05, 0) is 40.9 Å². The molecule has 8 heteroatoms. The van der Waals surface area contributed by atoms with Crippen LogP contribution in [0.25, 0.3) is 0 Å². The average molecular weight is 425 g/mol. The smallest absolute Gasteiger partial charge is 0.404 e. The van der Waals surface area contributed by atoms with E-state index >= 15 is 0 Å². The molecule has 2 heterocycles. The molecule has 0 spiro atoms. The molecular formula is C18H15BrF2N2O3. The standard InChI is InChI=1S/C18H15BrF2N2O3/c19-11-7-14-16(8-12(11)21)26-15-6-9(20)3-4-10(15)17-13(22-18(24)25)2-1-5-23(14)17/h3-4,6-8,13,17,22H,1-2,5H2,(H,24,25)/t13-,17+/m1/s1. The fourth-order valence-corrected chi connectivity index (χ4v) is 4.08. The molecule has 1 fully saturated rings. The van der Waals surface area contributed by atoms with Gasteiger partial charge >= 0.3 is 6.09 Å². The normalized spacial score (nSPS) is 21.0. The Labute approximate surface area is 156 Å². The Morgan fingerprint density at radius 2 is 2.08 bits per heavy atom. The molecule has 5 nitrogen and oxygen atoms in total. The van der Waals surface area contributed by atoms with Gasteiger partial charge in [0.15, 0.2) is 5.75 Å². The van der Waals surface area contributed by atoms with E-state index in [1.54, 1.807) is 12.1 Å². The van der Waals surface area contributed by atoms with E-state index in [1.807, 2.05) is 4.90 Å². The van der Waals surface area contributed by atoms with Gasteiger partial charge in [0.2, 0.25) is 0 Å². The summed E-state index contributed by atoms with van der Waals surface area (Å²) < 4.78 is 34.0. The van der Waals surface area contributed by atoms with E-state index < -0.39 is 23.8 Å². The van der Waals surface area contributed by atoms with Crippen molar-refractivity contribution in [3.05, 3.63) is 52.0 Å². The summed E-state index contributed by atoms with van der Waals surface area (Å²) in [6.07, 6.45) is 0.278. The molecule has 2 aliphatic heterocycles. The van der Waals surface area contributed by atoms with Gasteiger partial charge in [0, 0.05) is 24.2 Å². The second-order valence-corrected chi connectivity index (χ2v) is 7.21. The van der Waals surface area contributed by atoms with E-state index in [0.717, 1.165) is 6.42 Å². The van der Waals surface area contributed by atoms with Gasteiger partial charge in [0.1, 0.15) is 17.4 Å². The first-order valence-electron chi connectivity index (χ1n) is 8.16. The van der Waals surface area contributed by atoms with Crippen molar-refractivity contribution in [3.63, 3.8) is 0 Å². The van der Waals surface area contributed by atoms with E-state index in [4.69, 9.17) is 4.74 Å². The van der Waals surface area contributed by atoms with E-state index in [1.165, 1.54) is 18.2 Å². The minimum absolute atomic E-state index is 0.263. The van der Waals surface area contributed by atoms with Crippen LogP contribution in [0.1, 0.15) is 24.4 Å². The highest BCUT2D eigenvalue weighted by atomic mass is 79.9. The second-order valence-electron chi connectivity index (χ2n) is 6.35. The largest absolute Gasteiger partial charge is 0.465 e. The third-order valence-corrected chi connectivity index (χ3v) is 5.37. The summed E-state index contributed by atoms with van der Waals surface area (Å²) in [5.41, 5.74) is 1.30. The molecule has 2 atom stereocenters. The van der Waals surface area contributed by atoms with Gasteiger partial charge in [0.05, 0.1) is 22.2 Å². The van der Waals surface area contributed by atoms with Gasteiger partial charge in [-0.2, -0.15) is 0 Å². The van der Waals surface area contributed by atoms with Crippen molar-refractivity contribution >= 4 is 27.7 Å². The van der Waals surface area contributed by atoms with E-state index in [9.17, 15) is 18.7 Å². The van der Waals surface area contributed by atoms with E-state index in [-0.39, 0.29) is 22.0 Å². The molecule has 2 aromatic carbocycles. The fraction of sp³-hybridized carbons (Fsp3) is 0.278. The van der Waals surface area contributed by atoms with Crippen molar-refractivity contribution in [1.82, 2.24) is 5.32 Å². The van der Waals surface area contributed by atoms with Crippen LogP contribution >= 0.6 is 15.9 Å². The molecule has 0 unspecified atom stereocenters. The molecule has 0 radical (unpaired) electrons. The van der Waals surface area contributed by atoms with Gasteiger partial charge in [0.25, 0.3) is 0 Å². The summed E-state index contributed by atoms with van der Waals surface area (Å²) >= 11 is 3.19. The summed E-state index contributed by atoms with van der Waals surface area (Å²) in [7, 11) is 0. The molecular weight excluding hydrogens is 410 g/mol. The van der Waals surface area contributed by atoms with Crippen molar-refractivity contribution in [3.8, 4) is 11.5 Å². The predicted molar refractivity (Wildman–Crippen MR) is 94.8 cm³/mol. The molecule has 2 aliphatic rings. The van der Waals surface area contributed by atoms with Crippen LogP contribution in [0, 0.1) is 11.6 Å². The Balaban J connectivity index is 1.92. The van der Waals surface area contributed by atoms with Crippen LogP contribution in [0.5, 0.6) is 11.5 Å². The highest BCUT2D eigenvalue weighted by Gasteiger charge is 2.39. The van der Waals surface area contributed by atoms with Gasteiger partial charge in [-0.25, -0.2) is 13.6 Å². The lowest BCUT2D eigenvalue weighted by molar-refractivity contribution is 0.184. The van der Waals surface area contributed by atoms with E-state index in [2.05, 4.69) is 21.2 Å². The number of carboxylic acid groups (broad SMARTS) is 1. The zero-order valence-corrected chi connectivity index (χ0v) is 15.1. The molecule has 1 amide bonds. The maximum absolute atomic E-state index is 14.1. The Kier molecular flexibility index (Phi) is 4.22. The topological polar surface area (TPSA) is 61.8 Å². The van der Waals surface area contributed by atoms with Crippen LogP contribution in [0.3, 0.4) is 0 Å². The summed E-state index contributed by atoms with van der Waals surface area (Å²) in [6.45, 7) is 0.647. The molecule has 2 N–H and O–H groups in total. The van der Waals surface area contributed by atoms with Crippen LogP contribution in [0.2, 0.25) is 0 Å². The lowest BCUT2D eigenvalue weighted by atomic mass is 9.89. The number of fused-ring (bicyclic) bond motifs is 5. The first-order chi connectivity index (χ1) is 12.4. The van der Waals surface area contributed by atoms with Gasteiger partial charge in [-0.3, -0.25) is 0 Å². The summed E-state index contributed by atoms with van der Waals surface area (Å²) in [6, 6.07) is 6.25. The highest BCUT2D eigenvalue weighted by Crippen LogP contribution is 2.48. The lowest BCUT2D eigenvalue weighted by Crippen LogP contribution is -2.49. The molecule has 1 saturated heterocycles. The minimum Gasteiger partial charge on any atom is -0.465 e. The van der Waals surface area contributed by atoms with Crippen molar-refractivity contribution < 1.29 is 23.4 Å². The number of rotatable bonds is 1. The highest BCUT2D eigenvalue weighted by molar-refractivity contribution is 9.10. The number of carbonyl (C=O) groups is 1. The Hall–Kier alpha value is -2.35. The van der Waals surface area contributed by atoms with Crippen molar-refractivity contribution in [2.24, 2.45) is 0 Å². The number of hydrogen-bond acceptors (Lipinski definition) is 3. The molecule has 0 aliphatic carbocycles. The minimum atomic E-state index is -1.12. The number of ether oxygens (including phenoxy) is 1. The molecule has 2 aromatic rings. The molecule has 0 bridgehead atoms. The number of anilines is 1. The third-order valence-electron chi connectivity index (χ3n) is 4.77. The van der Waals surface area contributed by atoms with Gasteiger partial charge in [-0.1, -0.05) is 6.07 Å². The van der Waals surface area contributed by atoms with Crippen LogP contribution in [-0.2, 0) is 0 Å². The van der Waals surface area contributed by atoms with Gasteiger partial charge < -0.3 is 20.1 Å². The molecule has 136 valence electrons. The van der Waals surface area contributed by atoms with Crippen LogP contribution < -0.4 is 15.0 Å². The monoisotopic (exact) mass is 424 g/mol. The molecule has 0 saturated carbocycles. The summed E-state index contributed by atoms with van der Waals surface area (Å²) in [5.74, 6) is -0.428. The number of benzene rings is 2. The number of halogens is 3. The van der Waals surface area contributed by atoms with Crippen molar-refractivity contribution in [2.75, 3.05) is 11.4 Å². The molecule has 0 aromatic heterocycles. The Morgan fingerprint density at radius 1 is 1.27 bits per heavy atom. The SMILES string of the molecule is O=C(O)N[C@@H]1CCCN2c3cc(Br)c(F)cc3Oc3cc(F)ccc3[C@@H]12. The maximum atomic E-state index is 14.1. The van der Waals surface area contributed by atoms with Crippen molar-refractivity contribution in [2.45, 2.75) is 24.9 Å². The Bertz CT molecular complexity index is 893. The quantitative estimate of drug-likeness (QED) is 0.689. The number of nitrogens with zero attached hydrogens (tertiary/aromatic N) is 1. The predicted octanol–water partition coefficient (Wildman–Crippen LogP) is 4.81. The lowest BCUT2D eigenvalue weighted by Gasteiger charge is -2.42. The first kappa shape index (κ1) is 17.1. The number of amides is 1. The van der Waals surface area contributed by atoms with Crippen molar-refractivity contribution in [1.29, 1.82) is 0 Å². The molecule has 26 heavy (non-hydrogen) atoms. The number of nitrogens with one attached hydrogen (secondary N) is 1. The summed E-state index contributed by atoms with van der Waals surface area (Å²) in [5, 5.41) is 11.8. The van der Waals surface area contributed by atoms with Crippen LogP contribution in [0.4, 0.5) is 19.3 Å². The maximum Gasteiger partial charge on any atom is 0.404 e. The Morgan fingerprint density at radius 3 is 2.85 bits per heavy atom. The van der Waals surface area contributed by atoms with Gasteiger partial charge in [-0.15, -0.1) is 0 Å². The molecule has 4 rings (SSSR count). The zero-order valence-electron chi connectivity index (χ0n) is 13.5.